The van der Waals surface area contributed by atoms with E-state index < -0.39 is 55.1 Å². The molecule has 2 aromatic carbocycles. The van der Waals surface area contributed by atoms with Crippen molar-refractivity contribution in [2.24, 2.45) is 0 Å². The number of carbonyl (C=O) groups excluding carboxylic acids is 2. The van der Waals surface area contributed by atoms with Gasteiger partial charge in [-0.1, -0.05) is 42.0 Å². The van der Waals surface area contributed by atoms with Gasteiger partial charge in [-0.15, -0.1) is 0 Å². The first-order valence-electron chi connectivity index (χ1n) is 10.5. The molecule has 0 heterocycles. The van der Waals surface area contributed by atoms with Crippen molar-refractivity contribution in [3.63, 3.8) is 0 Å². The second-order valence-electron chi connectivity index (χ2n) is 8.86. The Bertz CT molecular complexity index is 1170. The number of rotatable bonds is 9. The molecule has 0 bridgehead atoms. The Morgan fingerprint density at radius 1 is 1.12 bits per heavy atom. The Morgan fingerprint density at radius 2 is 1.76 bits per heavy atom. The quantitative estimate of drug-likeness (QED) is 0.312. The Kier molecular flexibility index (Phi) is 8.51. The van der Waals surface area contributed by atoms with Gasteiger partial charge in [0.05, 0.1) is 11.0 Å². The van der Waals surface area contributed by atoms with Crippen molar-refractivity contribution in [2.45, 2.75) is 63.6 Å². The standard InChI is InChI=1S/C23H29N3O7S/c1-15-9-8-10-17(13-15)14-18(22(28)33-23(3,4)5)24-21(27)16(2)25-34(31,32)20-12-7-6-11-19(20)26(29)30/h6-13,16,18,25H,14H2,1-5H3,(H,24,27)/t16-,18-/m0/s1. The molecule has 2 atom stereocenters. The lowest BCUT2D eigenvalue weighted by Gasteiger charge is -2.25. The summed E-state index contributed by atoms with van der Waals surface area (Å²) in [6.45, 7) is 8.25. The van der Waals surface area contributed by atoms with E-state index in [1.54, 1.807) is 26.8 Å². The van der Waals surface area contributed by atoms with Crippen LogP contribution >= 0.6 is 0 Å². The molecule has 0 aliphatic rings. The smallest absolute Gasteiger partial charge is 0.329 e. The summed E-state index contributed by atoms with van der Waals surface area (Å²) >= 11 is 0. The highest BCUT2D eigenvalue weighted by atomic mass is 32.2. The van der Waals surface area contributed by atoms with E-state index in [-0.39, 0.29) is 6.42 Å². The molecule has 0 aliphatic carbocycles. The fourth-order valence-electron chi connectivity index (χ4n) is 3.12. The molecule has 1 amide bonds. The third-order valence-corrected chi connectivity index (χ3v) is 6.19. The number of sulfonamides is 1. The number of amides is 1. The molecule has 10 nitrogen and oxygen atoms in total. The SMILES string of the molecule is Cc1cccc(C[C@H](NC(=O)[C@H](C)NS(=O)(=O)c2ccccc2[N+](=O)[O-])C(=O)OC(C)(C)C)c1. The molecule has 0 spiro atoms. The number of nitrogens with one attached hydrogen (secondary N) is 2. The molecular formula is C23H29N3O7S. The van der Waals surface area contributed by atoms with Crippen LogP contribution in [0.15, 0.2) is 53.4 Å². The third kappa shape index (κ3) is 7.63. The lowest BCUT2D eigenvalue weighted by molar-refractivity contribution is -0.387. The molecule has 2 rings (SSSR count). The van der Waals surface area contributed by atoms with Gasteiger partial charge in [-0.2, -0.15) is 4.72 Å². The number of para-hydroxylation sites is 1. The van der Waals surface area contributed by atoms with Crippen molar-refractivity contribution in [1.29, 1.82) is 0 Å². The summed E-state index contributed by atoms with van der Waals surface area (Å²) in [6.07, 6.45) is 0.131. The number of nitro benzene ring substituents is 1. The fourth-order valence-corrected chi connectivity index (χ4v) is 4.50. The Labute approximate surface area is 198 Å². The molecule has 0 saturated heterocycles. The van der Waals surface area contributed by atoms with Gasteiger partial charge in [-0.25, -0.2) is 13.2 Å². The first kappa shape index (κ1) is 26.9. The van der Waals surface area contributed by atoms with Gasteiger partial charge in [-0.05, 0) is 46.2 Å². The molecule has 0 saturated carbocycles. The Balaban J connectivity index is 2.23. The van der Waals surface area contributed by atoms with Gasteiger partial charge in [-0.3, -0.25) is 14.9 Å². The minimum absolute atomic E-state index is 0.131. The third-order valence-electron chi connectivity index (χ3n) is 4.61. The van der Waals surface area contributed by atoms with Crippen molar-refractivity contribution >= 4 is 27.6 Å². The minimum Gasteiger partial charge on any atom is -0.458 e. The van der Waals surface area contributed by atoms with Gasteiger partial charge in [0.15, 0.2) is 4.90 Å². The van der Waals surface area contributed by atoms with E-state index >= 15 is 0 Å². The number of carbonyl (C=O) groups is 2. The van der Waals surface area contributed by atoms with Crippen LogP contribution in [-0.4, -0.2) is 42.9 Å². The first-order chi connectivity index (χ1) is 15.7. The molecule has 2 aromatic rings. The van der Waals surface area contributed by atoms with Crippen molar-refractivity contribution in [1.82, 2.24) is 10.0 Å². The zero-order valence-corrected chi connectivity index (χ0v) is 20.5. The largest absolute Gasteiger partial charge is 0.458 e. The maximum Gasteiger partial charge on any atom is 0.329 e. The topological polar surface area (TPSA) is 145 Å². The zero-order valence-electron chi connectivity index (χ0n) is 19.7. The summed E-state index contributed by atoms with van der Waals surface area (Å²) in [6, 6.07) is 9.79. The van der Waals surface area contributed by atoms with Gasteiger partial charge < -0.3 is 10.1 Å². The lowest BCUT2D eigenvalue weighted by Crippen LogP contribution is -2.52. The molecule has 2 N–H and O–H groups in total. The van der Waals surface area contributed by atoms with E-state index in [0.717, 1.165) is 23.3 Å². The van der Waals surface area contributed by atoms with Crippen molar-refractivity contribution in [3.05, 3.63) is 69.8 Å². The van der Waals surface area contributed by atoms with Crippen LogP contribution in [0.1, 0.15) is 38.8 Å². The Hall–Kier alpha value is -3.31. The van der Waals surface area contributed by atoms with Crippen LogP contribution in [0.25, 0.3) is 0 Å². The molecule has 184 valence electrons. The maximum atomic E-state index is 12.8. The van der Waals surface area contributed by atoms with Gasteiger partial charge in [0, 0.05) is 12.5 Å². The minimum atomic E-state index is -4.40. The summed E-state index contributed by atoms with van der Waals surface area (Å²) < 4.78 is 33.0. The van der Waals surface area contributed by atoms with Gasteiger partial charge in [0.2, 0.25) is 15.9 Å². The van der Waals surface area contributed by atoms with Crippen LogP contribution < -0.4 is 10.0 Å². The second kappa shape index (κ2) is 10.7. The predicted octanol–water partition coefficient (Wildman–Crippen LogP) is 2.64. The monoisotopic (exact) mass is 491 g/mol. The van der Waals surface area contributed by atoms with Crippen LogP contribution in [0, 0.1) is 17.0 Å². The maximum absolute atomic E-state index is 12.8. The second-order valence-corrected chi connectivity index (χ2v) is 10.5. The molecule has 0 unspecified atom stereocenters. The Morgan fingerprint density at radius 3 is 2.35 bits per heavy atom. The van der Waals surface area contributed by atoms with Crippen LogP contribution in [0.4, 0.5) is 5.69 Å². The molecule has 34 heavy (non-hydrogen) atoms. The fraction of sp³-hybridized carbons (Fsp3) is 0.391. The normalized spacial score (nSPS) is 13.6. The van der Waals surface area contributed by atoms with Gasteiger partial charge in [0.25, 0.3) is 5.69 Å². The number of nitrogens with zero attached hydrogens (tertiary/aromatic N) is 1. The van der Waals surface area contributed by atoms with Crippen LogP contribution in [-0.2, 0) is 30.8 Å². The lowest BCUT2D eigenvalue weighted by atomic mass is 10.0. The summed E-state index contributed by atoms with van der Waals surface area (Å²) in [5.74, 6) is -1.46. The average Bonchev–Trinajstić information content (AvgIpc) is 2.71. The molecule has 0 aromatic heterocycles. The average molecular weight is 492 g/mol. The number of hydrogen-bond donors (Lipinski definition) is 2. The van der Waals surface area contributed by atoms with Crippen molar-refractivity contribution < 1.29 is 27.7 Å². The first-order valence-corrected chi connectivity index (χ1v) is 12.0. The highest BCUT2D eigenvalue weighted by Gasteiger charge is 2.32. The van der Waals surface area contributed by atoms with Crippen LogP contribution in [0.5, 0.6) is 0 Å². The summed E-state index contributed by atoms with van der Waals surface area (Å²) in [7, 11) is -4.40. The van der Waals surface area contributed by atoms with Crippen LogP contribution in [0.3, 0.4) is 0 Å². The van der Waals surface area contributed by atoms with Gasteiger partial charge in [0.1, 0.15) is 11.6 Å². The molecule has 0 radical (unpaired) electrons. The predicted molar refractivity (Wildman–Crippen MR) is 126 cm³/mol. The molecule has 0 aliphatic heterocycles. The number of aryl methyl sites for hydroxylation is 1. The van der Waals surface area contributed by atoms with E-state index in [1.165, 1.54) is 19.1 Å². The van der Waals surface area contributed by atoms with Crippen LogP contribution in [0.2, 0.25) is 0 Å². The summed E-state index contributed by atoms with van der Waals surface area (Å²) in [5.41, 5.74) is 0.335. The number of ether oxygens (including phenoxy) is 1. The highest BCUT2D eigenvalue weighted by Crippen LogP contribution is 2.23. The summed E-state index contributed by atoms with van der Waals surface area (Å²) in [5, 5.41) is 13.7. The number of benzene rings is 2. The molecule has 0 fully saturated rings. The van der Waals surface area contributed by atoms with Crippen molar-refractivity contribution in [3.8, 4) is 0 Å². The molecule has 11 heteroatoms. The van der Waals surface area contributed by atoms with E-state index in [9.17, 15) is 28.1 Å². The van der Waals surface area contributed by atoms with Crippen molar-refractivity contribution in [2.75, 3.05) is 0 Å². The number of esters is 1. The highest BCUT2D eigenvalue weighted by molar-refractivity contribution is 7.89. The number of hydrogen-bond acceptors (Lipinski definition) is 7. The zero-order chi connectivity index (χ0) is 25.7. The van der Waals surface area contributed by atoms with E-state index in [1.807, 2.05) is 25.1 Å². The molecular weight excluding hydrogens is 462 g/mol. The summed E-state index contributed by atoms with van der Waals surface area (Å²) in [4.78, 5) is 35.4. The van der Waals surface area contributed by atoms with E-state index in [0.29, 0.717) is 0 Å². The number of nitro groups is 1. The van der Waals surface area contributed by atoms with E-state index in [2.05, 4.69) is 10.0 Å². The van der Waals surface area contributed by atoms with E-state index in [4.69, 9.17) is 4.74 Å². The van der Waals surface area contributed by atoms with Gasteiger partial charge >= 0.3 is 5.97 Å².